The van der Waals surface area contributed by atoms with Crippen LogP contribution in [0.2, 0.25) is 0 Å². The molecule has 0 aliphatic rings. The molecule has 0 aliphatic heterocycles. The van der Waals surface area contributed by atoms with Crippen LogP contribution in [0.5, 0.6) is 0 Å². The van der Waals surface area contributed by atoms with Crippen molar-refractivity contribution in [2.24, 2.45) is 5.73 Å². The van der Waals surface area contributed by atoms with Crippen LogP contribution in [0.15, 0.2) is 0 Å². The third-order valence-corrected chi connectivity index (χ3v) is 2.16. The zero-order valence-electron chi connectivity index (χ0n) is 9.99. The van der Waals surface area contributed by atoms with Gasteiger partial charge in [0.2, 0.25) is 0 Å². The van der Waals surface area contributed by atoms with Gasteiger partial charge in [-0.05, 0) is 6.42 Å². The summed E-state index contributed by atoms with van der Waals surface area (Å²) in [4.78, 5) is 0. The second kappa shape index (κ2) is 10.3. The first-order chi connectivity index (χ1) is 7.24. The molecule has 3 N–H and O–H groups in total. The molecule has 0 aromatic heterocycles. The summed E-state index contributed by atoms with van der Waals surface area (Å²) in [5.41, 5.74) is 5.85. The summed E-state index contributed by atoms with van der Waals surface area (Å²) in [6, 6.07) is 0.130. The second-order valence-electron chi connectivity index (χ2n) is 3.51. The van der Waals surface area contributed by atoms with E-state index in [1.165, 1.54) is 0 Å². The molecule has 2 unspecified atom stereocenters. The molecule has 92 valence electrons. The summed E-state index contributed by atoms with van der Waals surface area (Å²) in [5.74, 6) is 0. The number of nitrogens with one attached hydrogen (secondary N) is 1. The van der Waals surface area contributed by atoms with Gasteiger partial charge in [0.25, 0.3) is 0 Å². The van der Waals surface area contributed by atoms with Crippen LogP contribution in [-0.2, 0) is 14.2 Å². The highest BCUT2D eigenvalue weighted by Gasteiger charge is 2.07. The van der Waals surface area contributed by atoms with Gasteiger partial charge in [0.05, 0.1) is 12.7 Å². The summed E-state index contributed by atoms with van der Waals surface area (Å²) in [5, 5.41) is 3.24. The molecule has 0 spiro atoms. The monoisotopic (exact) mass is 220 g/mol. The second-order valence-corrected chi connectivity index (χ2v) is 3.51. The highest BCUT2D eigenvalue weighted by atomic mass is 16.5. The van der Waals surface area contributed by atoms with Crippen LogP contribution in [-0.4, -0.2) is 59.8 Å². The molecule has 0 aromatic rings. The molecule has 15 heavy (non-hydrogen) atoms. The lowest BCUT2D eigenvalue weighted by molar-refractivity contribution is 0.0287. The molecule has 0 fully saturated rings. The predicted molar refractivity (Wildman–Crippen MR) is 60.0 cm³/mol. The van der Waals surface area contributed by atoms with E-state index < -0.39 is 0 Å². The van der Waals surface area contributed by atoms with Crippen molar-refractivity contribution in [3.05, 3.63) is 0 Å². The Kier molecular flexibility index (Phi) is 10.2. The van der Waals surface area contributed by atoms with Crippen LogP contribution in [0.4, 0.5) is 0 Å². The van der Waals surface area contributed by atoms with E-state index in [1.807, 2.05) is 0 Å². The van der Waals surface area contributed by atoms with Crippen LogP contribution in [0, 0.1) is 0 Å². The van der Waals surface area contributed by atoms with Crippen LogP contribution in [0.25, 0.3) is 0 Å². The molecule has 0 radical (unpaired) electrons. The summed E-state index contributed by atoms with van der Waals surface area (Å²) in [6.45, 7) is 2.82. The SMILES string of the molecule is COCCC(N)CNCC(COC)OC. The van der Waals surface area contributed by atoms with Gasteiger partial charge in [-0.25, -0.2) is 0 Å². The smallest absolute Gasteiger partial charge is 0.0928 e. The van der Waals surface area contributed by atoms with Crippen molar-refractivity contribution >= 4 is 0 Å². The minimum absolute atomic E-state index is 0.0876. The molecule has 0 heterocycles. The molecular formula is C10H24N2O3. The lowest BCUT2D eigenvalue weighted by atomic mass is 10.2. The van der Waals surface area contributed by atoms with Crippen molar-refractivity contribution in [3.63, 3.8) is 0 Å². The van der Waals surface area contributed by atoms with Crippen LogP contribution < -0.4 is 11.1 Å². The van der Waals surface area contributed by atoms with E-state index in [0.29, 0.717) is 13.2 Å². The van der Waals surface area contributed by atoms with Gasteiger partial charge in [-0.2, -0.15) is 0 Å². The Morgan fingerprint density at radius 1 is 1.13 bits per heavy atom. The van der Waals surface area contributed by atoms with E-state index in [0.717, 1.165) is 19.5 Å². The third kappa shape index (κ3) is 8.77. The number of ether oxygens (including phenoxy) is 3. The van der Waals surface area contributed by atoms with Crippen LogP contribution >= 0.6 is 0 Å². The lowest BCUT2D eigenvalue weighted by Gasteiger charge is -2.17. The van der Waals surface area contributed by atoms with Gasteiger partial charge in [-0.15, -0.1) is 0 Å². The molecule has 0 aromatic carbocycles. The highest BCUT2D eigenvalue weighted by molar-refractivity contribution is 4.67. The van der Waals surface area contributed by atoms with Crippen molar-refractivity contribution in [2.45, 2.75) is 18.6 Å². The standard InChI is InChI=1S/C10H24N2O3/c1-13-5-4-9(11)6-12-7-10(15-3)8-14-2/h9-10,12H,4-8,11H2,1-3H3. The average Bonchev–Trinajstić information content (AvgIpc) is 2.25. The topological polar surface area (TPSA) is 65.7 Å². The number of rotatable bonds is 10. The largest absolute Gasteiger partial charge is 0.385 e. The first-order valence-electron chi connectivity index (χ1n) is 5.21. The molecule has 5 heteroatoms. The summed E-state index contributed by atoms with van der Waals surface area (Å²) >= 11 is 0. The minimum atomic E-state index is 0.0876. The number of nitrogens with two attached hydrogens (primary N) is 1. The number of hydrogen-bond donors (Lipinski definition) is 2. The summed E-state index contributed by atoms with van der Waals surface area (Å²) < 4.78 is 15.1. The van der Waals surface area contributed by atoms with Gasteiger partial charge in [-0.1, -0.05) is 0 Å². The van der Waals surface area contributed by atoms with Crippen molar-refractivity contribution in [1.82, 2.24) is 5.32 Å². The van der Waals surface area contributed by atoms with E-state index in [4.69, 9.17) is 19.9 Å². The highest BCUT2D eigenvalue weighted by Crippen LogP contribution is 1.90. The first-order valence-corrected chi connectivity index (χ1v) is 5.21. The third-order valence-electron chi connectivity index (χ3n) is 2.16. The average molecular weight is 220 g/mol. The Hall–Kier alpha value is -0.200. The van der Waals surface area contributed by atoms with Gasteiger partial charge >= 0.3 is 0 Å². The first kappa shape index (κ1) is 14.8. The quantitative estimate of drug-likeness (QED) is 0.524. The normalized spacial score (nSPS) is 15.2. The van der Waals surface area contributed by atoms with Crippen molar-refractivity contribution in [2.75, 3.05) is 47.6 Å². The molecule has 0 amide bonds. The Morgan fingerprint density at radius 3 is 2.40 bits per heavy atom. The van der Waals surface area contributed by atoms with Crippen molar-refractivity contribution in [3.8, 4) is 0 Å². The zero-order valence-corrected chi connectivity index (χ0v) is 9.99. The van der Waals surface area contributed by atoms with E-state index in [9.17, 15) is 0 Å². The summed E-state index contributed by atoms with van der Waals surface area (Å²) in [6.07, 6.45) is 0.954. The summed E-state index contributed by atoms with van der Waals surface area (Å²) in [7, 11) is 5.02. The predicted octanol–water partition coefficient (Wildman–Crippen LogP) is -0.399. The van der Waals surface area contributed by atoms with E-state index >= 15 is 0 Å². The van der Waals surface area contributed by atoms with Crippen LogP contribution in [0.3, 0.4) is 0 Å². The maximum atomic E-state index is 5.85. The Morgan fingerprint density at radius 2 is 1.87 bits per heavy atom. The Labute approximate surface area is 92.3 Å². The number of methoxy groups -OCH3 is 3. The molecule has 0 rings (SSSR count). The van der Waals surface area contributed by atoms with Gasteiger partial charge in [0, 0.05) is 47.1 Å². The molecular weight excluding hydrogens is 196 g/mol. The van der Waals surface area contributed by atoms with E-state index in [-0.39, 0.29) is 12.1 Å². The van der Waals surface area contributed by atoms with Crippen molar-refractivity contribution < 1.29 is 14.2 Å². The zero-order chi connectivity index (χ0) is 11.5. The van der Waals surface area contributed by atoms with Gasteiger partial charge in [0.1, 0.15) is 0 Å². The molecule has 0 bridgehead atoms. The Balaban J connectivity index is 3.41. The van der Waals surface area contributed by atoms with Gasteiger partial charge < -0.3 is 25.3 Å². The molecule has 0 saturated heterocycles. The minimum Gasteiger partial charge on any atom is -0.385 e. The fourth-order valence-electron chi connectivity index (χ4n) is 1.20. The van der Waals surface area contributed by atoms with E-state index in [1.54, 1.807) is 21.3 Å². The van der Waals surface area contributed by atoms with Crippen LogP contribution in [0.1, 0.15) is 6.42 Å². The lowest BCUT2D eigenvalue weighted by Crippen LogP contribution is -2.39. The molecule has 2 atom stereocenters. The molecule has 0 saturated carbocycles. The van der Waals surface area contributed by atoms with Crippen molar-refractivity contribution in [1.29, 1.82) is 0 Å². The molecule has 5 nitrogen and oxygen atoms in total. The number of hydrogen-bond acceptors (Lipinski definition) is 5. The van der Waals surface area contributed by atoms with E-state index in [2.05, 4.69) is 5.32 Å². The van der Waals surface area contributed by atoms with Gasteiger partial charge in [-0.3, -0.25) is 0 Å². The fourth-order valence-corrected chi connectivity index (χ4v) is 1.20. The molecule has 0 aliphatic carbocycles. The maximum Gasteiger partial charge on any atom is 0.0928 e. The van der Waals surface area contributed by atoms with Gasteiger partial charge in [0.15, 0.2) is 0 Å². The Bertz CT molecular complexity index is 136. The fraction of sp³-hybridized carbons (Fsp3) is 1.00. The maximum absolute atomic E-state index is 5.85.